The number of nitrogen functional groups attached to an aromatic ring is 1. The highest BCUT2D eigenvalue weighted by Crippen LogP contribution is 2.23. The average molecular weight is 289 g/mol. The van der Waals surface area contributed by atoms with Gasteiger partial charge < -0.3 is 15.7 Å². The lowest BCUT2D eigenvalue weighted by atomic mass is 9.98. The fraction of sp³-hybridized carbons (Fsp3) is 0.538. The molecule has 0 spiro atoms. The first-order valence-electron chi connectivity index (χ1n) is 7.02. The molecule has 0 bridgehead atoms. The van der Waals surface area contributed by atoms with Crippen LogP contribution < -0.4 is 10.6 Å². The number of aromatic nitrogens is 5. The van der Waals surface area contributed by atoms with Crippen molar-refractivity contribution in [3.63, 3.8) is 0 Å². The van der Waals surface area contributed by atoms with Crippen LogP contribution >= 0.6 is 0 Å². The van der Waals surface area contributed by atoms with E-state index in [-0.39, 0.29) is 5.95 Å². The van der Waals surface area contributed by atoms with E-state index >= 15 is 0 Å². The smallest absolute Gasteiger partial charge is 0.257 e. The van der Waals surface area contributed by atoms with Crippen LogP contribution in [0.25, 0.3) is 5.95 Å². The summed E-state index contributed by atoms with van der Waals surface area (Å²) in [4.78, 5) is 14.8. The summed E-state index contributed by atoms with van der Waals surface area (Å²) in [7, 11) is 0. The van der Waals surface area contributed by atoms with Gasteiger partial charge in [0.15, 0.2) is 0 Å². The Hall–Kier alpha value is -2.22. The summed E-state index contributed by atoms with van der Waals surface area (Å²) in [5.41, 5.74) is 5.16. The molecule has 1 atom stereocenters. The first-order valence-corrected chi connectivity index (χ1v) is 7.02. The summed E-state index contributed by atoms with van der Waals surface area (Å²) in [6.07, 6.45) is 5.75. The highest BCUT2D eigenvalue weighted by atomic mass is 16.3. The first kappa shape index (κ1) is 13.7. The van der Waals surface area contributed by atoms with E-state index in [2.05, 4.69) is 20.1 Å². The molecule has 8 heteroatoms. The van der Waals surface area contributed by atoms with Crippen molar-refractivity contribution in [2.24, 2.45) is 0 Å². The number of hydrogen-bond acceptors (Lipinski definition) is 7. The molecule has 1 unspecified atom stereocenters. The van der Waals surface area contributed by atoms with Gasteiger partial charge in [-0.15, -0.1) is 0 Å². The lowest BCUT2D eigenvalue weighted by Gasteiger charge is -2.22. The van der Waals surface area contributed by atoms with Crippen LogP contribution in [0.1, 0.15) is 26.2 Å². The van der Waals surface area contributed by atoms with Crippen LogP contribution in [0.4, 0.5) is 11.9 Å². The molecule has 0 aromatic carbocycles. The van der Waals surface area contributed by atoms with Crippen molar-refractivity contribution in [2.45, 2.75) is 31.8 Å². The predicted octanol–water partition coefficient (Wildman–Crippen LogP) is 0.381. The molecule has 21 heavy (non-hydrogen) atoms. The molecule has 2 aromatic rings. The van der Waals surface area contributed by atoms with E-state index < -0.39 is 5.60 Å². The van der Waals surface area contributed by atoms with Crippen molar-refractivity contribution in [1.29, 1.82) is 0 Å². The Balaban J connectivity index is 1.88. The summed E-state index contributed by atoms with van der Waals surface area (Å²) < 4.78 is 1.55. The summed E-state index contributed by atoms with van der Waals surface area (Å²) in [6.45, 7) is 3.35. The van der Waals surface area contributed by atoms with E-state index in [9.17, 15) is 5.11 Å². The van der Waals surface area contributed by atoms with Crippen molar-refractivity contribution in [3.05, 3.63) is 18.5 Å². The van der Waals surface area contributed by atoms with Crippen LogP contribution in [0.15, 0.2) is 18.5 Å². The van der Waals surface area contributed by atoms with Gasteiger partial charge in [-0.05, 0) is 32.3 Å². The van der Waals surface area contributed by atoms with Crippen molar-refractivity contribution >= 4 is 11.9 Å². The van der Waals surface area contributed by atoms with E-state index in [0.29, 0.717) is 24.9 Å². The summed E-state index contributed by atoms with van der Waals surface area (Å²) in [5, 5.41) is 14.3. The molecule has 1 aliphatic rings. The zero-order chi connectivity index (χ0) is 14.9. The Labute approximate surface area is 122 Å². The summed E-state index contributed by atoms with van der Waals surface area (Å²) in [5.74, 6) is 1.10. The Morgan fingerprint density at radius 3 is 2.76 bits per heavy atom. The Bertz CT molecular complexity index is 611. The van der Waals surface area contributed by atoms with Gasteiger partial charge in [-0.3, -0.25) is 0 Å². The summed E-state index contributed by atoms with van der Waals surface area (Å²) in [6, 6.07) is 1.79. The number of anilines is 2. The van der Waals surface area contributed by atoms with Crippen LogP contribution in [0.2, 0.25) is 0 Å². The van der Waals surface area contributed by atoms with Crippen molar-refractivity contribution < 1.29 is 5.11 Å². The number of aliphatic hydroxyl groups is 1. The summed E-state index contributed by atoms with van der Waals surface area (Å²) >= 11 is 0. The van der Waals surface area contributed by atoms with Crippen LogP contribution in [0.3, 0.4) is 0 Å². The molecule has 0 amide bonds. The quantitative estimate of drug-likeness (QED) is 0.823. The van der Waals surface area contributed by atoms with E-state index in [0.717, 1.165) is 19.4 Å². The third-order valence-electron chi connectivity index (χ3n) is 3.68. The molecular weight excluding hydrogens is 270 g/mol. The third-order valence-corrected chi connectivity index (χ3v) is 3.68. The Morgan fingerprint density at radius 1 is 1.19 bits per heavy atom. The van der Waals surface area contributed by atoms with Crippen LogP contribution in [0.5, 0.6) is 0 Å². The van der Waals surface area contributed by atoms with Gasteiger partial charge in [-0.2, -0.15) is 20.1 Å². The molecule has 1 fully saturated rings. The van der Waals surface area contributed by atoms with E-state index in [1.807, 2.05) is 11.8 Å². The zero-order valence-electron chi connectivity index (χ0n) is 12.0. The molecule has 1 saturated heterocycles. The van der Waals surface area contributed by atoms with Gasteiger partial charge in [0.25, 0.3) is 5.95 Å². The topological polar surface area (TPSA) is 106 Å². The SMILES string of the molecule is CC1(O)CCCN(c2nc(N)nc(-n3cccn3)n2)CC1. The van der Waals surface area contributed by atoms with Gasteiger partial charge in [-0.1, -0.05) is 0 Å². The monoisotopic (exact) mass is 289 g/mol. The minimum atomic E-state index is -0.627. The van der Waals surface area contributed by atoms with E-state index in [1.165, 1.54) is 0 Å². The minimum absolute atomic E-state index is 0.168. The van der Waals surface area contributed by atoms with Gasteiger partial charge in [-0.25, -0.2) is 4.68 Å². The second kappa shape index (κ2) is 5.28. The largest absolute Gasteiger partial charge is 0.390 e. The number of hydrogen-bond donors (Lipinski definition) is 2. The van der Waals surface area contributed by atoms with Crippen LogP contribution in [-0.2, 0) is 0 Å². The maximum atomic E-state index is 10.2. The highest BCUT2D eigenvalue weighted by Gasteiger charge is 2.26. The Kier molecular flexibility index (Phi) is 3.46. The maximum absolute atomic E-state index is 10.2. The normalized spacial score (nSPS) is 23.0. The fourth-order valence-electron chi connectivity index (χ4n) is 2.46. The molecule has 3 rings (SSSR count). The average Bonchev–Trinajstić information content (AvgIpc) is 2.89. The number of nitrogens with two attached hydrogens (primary N) is 1. The number of rotatable bonds is 2. The zero-order valence-corrected chi connectivity index (χ0v) is 12.0. The molecule has 0 radical (unpaired) electrons. The molecule has 112 valence electrons. The number of nitrogens with zero attached hydrogens (tertiary/aromatic N) is 6. The molecule has 0 aliphatic carbocycles. The third kappa shape index (κ3) is 3.10. The fourth-order valence-corrected chi connectivity index (χ4v) is 2.46. The van der Waals surface area contributed by atoms with Crippen LogP contribution in [-0.4, -0.2) is 48.5 Å². The highest BCUT2D eigenvalue weighted by molar-refractivity contribution is 5.38. The molecule has 0 saturated carbocycles. The molecule has 1 aliphatic heterocycles. The van der Waals surface area contributed by atoms with Gasteiger partial charge in [0.2, 0.25) is 11.9 Å². The van der Waals surface area contributed by atoms with E-state index in [1.54, 1.807) is 23.1 Å². The van der Waals surface area contributed by atoms with Crippen LogP contribution in [0, 0.1) is 0 Å². The van der Waals surface area contributed by atoms with Gasteiger partial charge in [0.05, 0.1) is 5.60 Å². The second-order valence-corrected chi connectivity index (χ2v) is 5.58. The molecule has 3 N–H and O–H groups in total. The van der Waals surface area contributed by atoms with Crippen molar-refractivity contribution in [3.8, 4) is 5.95 Å². The van der Waals surface area contributed by atoms with E-state index in [4.69, 9.17) is 5.73 Å². The lowest BCUT2D eigenvalue weighted by molar-refractivity contribution is 0.0481. The van der Waals surface area contributed by atoms with Gasteiger partial charge >= 0.3 is 0 Å². The molecule has 3 heterocycles. The Morgan fingerprint density at radius 2 is 2.00 bits per heavy atom. The van der Waals surface area contributed by atoms with Crippen molar-refractivity contribution in [2.75, 3.05) is 23.7 Å². The maximum Gasteiger partial charge on any atom is 0.257 e. The minimum Gasteiger partial charge on any atom is -0.390 e. The van der Waals surface area contributed by atoms with Crippen molar-refractivity contribution in [1.82, 2.24) is 24.7 Å². The van der Waals surface area contributed by atoms with Gasteiger partial charge in [0, 0.05) is 25.5 Å². The molecule has 2 aromatic heterocycles. The molecule has 8 nitrogen and oxygen atoms in total. The first-order chi connectivity index (χ1) is 10.0. The second-order valence-electron chi connectivity index (χ2n) is 5.58. The predicted molar refractivity (Wildman–Crippen MR) is 78.0 cm³/mol. The standard InChI is InChI=1S/C13H19N7O/c1-13(21)4-2-7-19(9-5-13)11-16-10(14)17-12(18-11)20-8-3-6-15-20/h3,6,8,21H,2,4-5,7,9H2,1H3,(H2,14,16,17,18). The lowest BCUT2D eigenvalue weighted by Crippen LogP contribution is -2.30. The van der Waals surface area contributed by atoms with Gasteiger partial charge in [0.1, 0.15) is 0 Å². The molecular formula is C13H19N7O.